The summed E-state index contributed by atoms with van der Waals surface area (Å²) in [6.07, 6.45) is 1.35. The third-order valence-electron chi connectivity index (χ3n) is 4.27. The number of nitrogens with zero attached hydrogens (tertiary/aromatic N) is 1. The van der Waals surface area contributed by atoms with E-state index in [2.05, 4.69) is 36.9 Å². The first-order valence-corrected chi connectivity index (χ1v) is 7.68. The van der Waals surface area contributed by atoms with E-state index in [0.29, 0.717) is 12.5 Å². The highest BCUT2D eigenvalue weighted by molar-refractivity contribution is 5.31. The molecule has 2 rings (SSSR count). The second-order valence-corrected chi connectivity index (χ2v) is 6.37. The lowest BCUT2D eigenvalue weighted by atomic mass is 9.90. The van der Waals surface area contributed by atoms with Gasteiger partial charge in [-0.1, -0.05) is 26.0 Å². The van der Waals surface area contributed by atoms with Crippen molar-refractivity contribution >= 4 is 0 Å². The maximum absolute atomic E-state index is 6.02. The van der Waals surface area contributed by atoms with Crippen molar-refractivity contribution in [2.24, 2.45) is 17.6 Å². The van der Waals surface area contributed by atoms with Crippen LogP contribution >= 0.6 is 0 Å². The average Bonchev–Trinajstić information content (AvgIpc) is 2.44. The zero-order chi connectivity index (χ0) is 14.5. The first-order chi connectivity index (χ1) is 9.62. The lowest BCUT2D eigenvalue weighted by molar-refractivity contribution is 0.134. The van der Waals surface area contributed by atoms with Crippen LogP contribution in [0.15, 0.2) is 24.3 Å². The minimum Gasteiger partial charge on any atom is -0.497 e. The Morgan fingerprint density at radius 1 is 1.30 bits per heavy atom. The second-order valence-electron chi connectivity index (χ2n) is 6.37. The van der Waals surface area contributed by atoms with E-state index >= 15 is 0 Å². The van der Waals surface area contributed by atoms with Crippen molar-refractivity contribution in [2.45, 2.75) is 26.2 Å². The zero-order valence-corrected chi connectivity index (χ0v) is 13.0. The molecule has 0 aliphatic carbocycles. The van der Waals surface area contributed by atoms with Gasteiger partial charge < -0.3 is 15.4 Å². The van der Waals surface area contributed by atoms with Gasteiger partial charge in [-0.2, -0.15) is 0 Å². The van der Waals surface area contributed by atoms with Gasteiger partial charge in [0.25, 0.3) is 0 Å². The van der Waals surface area contributed by atoms with Gasteiger partial charge in [0.2, 0.25) is 0 Å². The molecule has 3 nitrogen and oxygen atoms in total. The summed E-state index contributed by atoms with van der Waals surface area (Å²) in [5.74, 6) is 2.90. The molecule has 3 heteroatoms. The van der Waals surface area contributed by atoms with Gasteiger partial charge in [-0.3, -0.25) is 0 Å². The van der Waals surface area contributed by atoms with Crippen molar-refractivity contribution in [1.82, 2.24) is 4.90 Å². The van der Waals surface area contributed by atoms with Crippen molar-refractivity contribution in [3.05, 3.63) is 29.8 Å². The largest absolute Gasteiger partial charge is 0.497 e. The molecule has 3 atom stereocenters. The van der Waals surface area contributed by atoms with Crippen molar-refractivity contribution < 1.29 is 4.74 Å². The van der Waals surface area contributed by atoms with Gasteiger partial charge in [0, 0.05) is 32.1 Å². The van der Waals surface area contributed by atoms with E-state index in [-0.39, 0.29) is 0 Å². The molecule has 3 unspecified atom stereocenters. The van der Waals surface area contributed by atoms with Crippen LogP contribution in [-0.4, -0.2) is 38.2 Å². The zero-order valence-electron chi connectivity index (χ0n) is 13.0. The Labute approximate surface area is 123 Å². The quantitative estimate of drug-likeness (QED) is 0.898. The topological polar surface area (TPSA) is 38.5 Å². The van der Waals surface area contributed by atoms with Crippen LogP contribution in [-0.2, 0) is 0 Å². The van der Waals surface area contributed by atoms with Crippen LogP contribution in [0.25, 0.3) is 0 Å². The first-order valence-electron chi connectivity index (χ1n) is 7.68. The summed E-state index contributed by atoms with van der Waals surface area (Å²) < 4.78 is 5.32. The van der Waals surface area contributed by atoms with Crippen molar-refractivity contribution in [1.29, 1.82) is 0 Å². The van der Waals surface area contributed by atoms with E-state index < -0.39 is 0 Å². The lowest BCUT2D eigenvalue weighted by Gasteiger charge is -2.37. The number of benzene rings is 1. The van der Waals surface area contributed by atoms with Crippen LogP contribution in [0, 0.1) is 11.8 Å². The smallest absolute Gasteiger partial charge is 0.119 e. The van der Waals surface area contributed by atoms with Crippen LogP contribution < -0.4 is 10.5 Å². The number of likely N-dealkylation sites (tertiary alicyclic amines) is 1. The maximum Gasteiger partial charge on any atom is 0.119 e. The van der Waals surface area contributed by atoms with Crippen LogP contribution in [0.2, 0.25) is 0 Å². The summed E-state index contributed by atoms with van der Waals surface area (Å²) in [6.45, 7) is 8.84. The molecule has 0 bridgehead atoms. The fraction of sp³-hybridized carbons (Fsp3) is 0.647. The molecule has 1 aliphatic rings. The van der Waals surface area contributed by atoms with Gasteiger partial charge >= 0.3 is 0 Å². The SMILES string of the molecule is COc1cccc(C(CN)CN2CC(C)CC(C)C2)c1. The number of methoxy groups -OCH3 is 1. The van der Waals surface area contributed by atoms with E-state index in [4.69, 9.17) is 10.5 Å². The predicted octanol–water partition coefficient (Wildman–Crippen LogP) is 2.72. The third-order valence-corrected chi connectivity index (χ3v) is 4.27. The highest BCUT2D eigenvalue weighted by Gasteiger charge is 2.24. The molecule has 1 fully saturated rings. The number of hydrogen-bond donors (Lipinski definition) is 1. The Hall–Kier alpha value is -1.06. The third kappa shape index (κ3) is 3.97. The molecule has 0 aromatic heterocycles. The average molecular weight is 276 g/mol. The van der Waals surface area contributed by atoms with E-state index in [0.717, 1.165) is 24.1 Å². The molecule has 0 spiro atoms. The number of piperidine rings is 1. The Morgan fingerprint density at radius 3 is 2.60 bits per heavy atom. The number of rotatable bonds is 5. The minimum atomic E-state index is 0.391. The minimum absolute atomic E-state index is 0.391. The molecule has 20 heavy (non-hydrogen) atoms. The summed E-state index contributed by atoms with van der Waals surface area (Å²) in [5, 5.41) is 0. The normalized spacial score (nSPS) is 25.4. The highest BCUT2D eigenvalue weighted by Crippen LogP contribution is 2.25. The van der Waals surface area contributed by atoms with Gasteiger partial charge in [-0.05, 0) is 36.0 Å². The molecular weight excluding hydrogens is 248 g/mol. The van der Waals surface area contributed by atoms with E-state index in [1.54, 1.807) is 7.11 Å². The summed E-state index contributed by atoms with van der Waals surface area (Å²) in [6, 6.07) is 8.32. The Balaban J connectivity index is 2.04. The van der Waals surface area contributed by atoms with E-state index in [1.165, 1.54) is 25.1 Å². The molecular formula is C17H28N2O. The molecule has 0 amide bonds. The summed E-state index contributed by atoms with van der Waals surface area (Å²) in [5.41, 5.74) is 7.30. The lowest BCUT2D eigenvalue weighted by Crippen LogP contribution is -2.41. The molecule has 1 aromatic rings. The van der Waals surface area contributed by atoms with Crippen LogP contribution in [0.5, 0.6) is 5.75 Å². The van der Waals surface area contributed by atoms with Crippen molar-refractivity contribution in [2.75, 3.05) is 33.3 Å². The predicted molar refractivity (Wildman–Crippen MR) is 84.2 cm³/mol. The van der Waals surface area contributed by atoms with Gasteiger partial charge in [0.05, 0.1) is 7.11 Å². The second kappa shape index (κ2) is 7.09. The fourth-order valence-corrected chi connectivity index (χ4v) is 3.46. The highest BCUT2D eigenvalue weighted by atomic mass is 16.5. The number of hydrogen-bond acceptors (Lipinski definition) is 3. The maximum atomic E-state index is 6.02. The Bertz CT molecular complexity index is 411. The van der Waals surface area contributed by atoms with E-state index in [1.807, 2.05) is 6.07 Å². The monoisotopic (exact) mass is 276 g/mol. The molecule has 1 heterocycles. The van der Waals surface area contributed by atoms with Crippen LogP contribution in [0.3, 0.4) is 0 Å². The molecule has 0 saturated carbocycles. The molecule has 0 radical (unpaired) electrons. The summed E-state index contributed by atoms with van der Waals surface area (Å²) >= 11 is 0. The van der Waals surface area contributed by atoms with E-state index in [9.17, 15) is 0 Å². The molecule has 1 aromatic carbocycles. The van der Waals surface area contributed by atoms with Gasteiger partial charge in [-0.15, -0.1) is 0 Å². The Morgan fingerprint density at radius 2 is 2.00 bits per heavy atom. The van der Waals surface area contributed by atoms with Gasteiger partial charge in [-0.25, -0.2) is 0 Å². The van der Waals surface area contributed by atoms with Crippen LogP contribution in [0.1, 0.15) is 31.7 Å². The molecule has 1 aliphatic heterocycles. The van der Waals surface area contributed by atoms with Crippen molar-refractivity contribution in [3.8, 4) is 5.75 Å². The van der Waals surface area contributed by atoms with Crippen molar-refractivity contribution in [3.63, 3.8) is 0 Å². The Kier molecular flexibility index (Phi) is 5.44. The van der Waals surface area contributed by atoms with Gasteiger partial charge in [0.1, 0.15) is 5.75 Å². The fourth-order valence-electron chi connectivity index (χ4n) is 3.46. The first kappa shape index (κ1) is 15.3. The number of nitrogens with two attached hydrogens (primary N) is 1. The number of ether oxygens (including phenoxy) is 1. The molecule has 1 saturated heterocycles. The molecule has 2 N–H and O–H groups in total. The molecule has 112 valence electrons. The summed E-state index contributed by atoms with van der Waals surface area (Å²) in [4.78, 5) is 2.58. The standard InChI is InChI=1S/C17H28N2O/c1-13-7-14(2)11-19(10-13)12-16(9-18)15-5-4-6-17(8-15)20-3/h4-6,8,13-14,16H,7,9-12,18H2,1-3H3. The van der Waals surface area contributed by atoms with Gasteiger partial charge in [0.15, 0.2) is 0 Å². The van der Waals surface area contributed by atoms with Crippen LogP contribution in [0.4, 0.5) is 0 Å². The summed E-state index contributed by atoms with van der Waals surface area (Å²) in [7, 11) is 1.71.